The molecule has 3 N–H and O–H groups in total. The third kappa shape index (κ3) is 3.25. The fourth-order valence-corrected chi connectivity index (χ4v) is 3.72. The molecule has 2 atom stereocenters. The highest BCUT2D eigenvalue weighted by Crippen LogP contribution is 2.25. The van der Waals surface area contributed by atoms with Crippen molar-refractivity contribution in [3.05, 3.63) is 35.4 Å². The maximum atomic E-state index is 12.5. The molecule has 0 radical (unpaired) electrons. The zero-order chi connectivity index (χ0) is 14.7. The molecule has 20 heavy (non-hydrogen) atoms. The van der Waals surface area contributed by atoms with Gasteiger partial charge in [0.05, 0.1) is 0 Å². The zero-order valence-corrected chi connectivity index (χ0v) is 12.4. The van der Waals surface area contributed by atoms with Crippen molar-refractivity contribution < 1.29 is 10.0 Å². The minimum atomic E-state index is -0.00316. The van der Waals surface area contributed by atoms with Gasteiger partial charge < -0.3 is 15.8 Å². The van der Waals surface area contributed by atoms with E-state index in [1.54, 1.807) is 24.3 Å². The maximum absolute atomic E-state index is 12.5. The summed E-state index contributed by atoms with van der Waals surface area (Å²) < 4.78 is 0. The number of hydrogen-bond acceptors (Lipinski definition) is 4. The monoisotopic (exact) mass is 293 g/mol. The van der Waals surface area contributed by atoms with Gasteiger partial charge in [-0.05, 0) is 12.1 Å². The summed E-state index contributed by atoms with van der Waals surface area (Å²) in [7, 11) is 0. The first-order valence-corrected chi connectivity index (χ1v) is 7.48. The molecular formula is C14H19N3O2S. The number of oxime groups is 1. The van der Waals surface area contributed by atoms with E-state index in [0.29, 0.717) is 21.6 Å². The molecule has 0 aliphatic carbocycles. The number of amides is 1. The van der Waals surface area contributed by atoms with Gasteiger partial charge in [-0.1, -0.05) is 31.1 Å². The van der Waals surface area contributed by atoms with E-state index in [-0.39, 0.29) is 11.7 Å². The molecule has 6 heteroatoms. The summed E-state index contributed by atoms with van der Waals surface area (Å²) in [5.41, 5.74) is 6.67. The van der Waals surface area contributed by atoms with E-state index in [2.05, 4.69) is 19.0 Å². The number of benzene rings is 1. The van der Waals surface area contributed by atoms with Gasteiger partial charge in [0.25, 0.3) is 5.91 Å². The number of nitrogens with two attached hydrogens (primary N) is 1. The lowest BCUT2D eigenvalue weighted by atomic mass is 10.1. The second-order valence-corrected chi connectivity index (χ2v) is 6.92. The summed E-state index contributed by atoms with van der Waals surface area (Å²) in [5.74, 6) is 0.00664. The largest absolute Gasteiger partial charge is 0.409 e. The van der Waals surface area contributed by atoms with E-state index >= 15 is 0 Å². The van der Waals surface area contributed by atoms with Gasteiger partial charge in [-0.3, -0.25) is 4.79 Å². The molecule has 0 aromatic heterocycles. The van der Waals surface area contributed by atoms with Crippen LogP contribution in [0.5, 0.6) is 0 Å². The van der Waals surface area contributed by atoms with Crippen LogP contribution in [0, 0.1) is 0 Å². The minimum Gasteiger partial charge on any atom is -0.409 e. The molecule has 0 spiro atoms. The molecule has 1 aliphatic rings. The van der Waals surface area contributed by atoms with E-state index in [4.69, 9.17) is 10.9 Å². The Bertz CT molecular complexity index is 523. The van der Waals surface area contributed by atoms with E-state index in [1.807, 2.05) is 16.7 Å². The molecule has 1 fully saturated rings. The number of hydrogen-bond donors (Lipinski definition) is 2. The highest BCUT2D eigenvalue weighted by Gasteiger charge is 2.26. The third-order valence-electron chi connectivity index (χ3n) is 3.22. The van der Waals surface area contributed by atoms with Gasteiger partial charge in [0.2, 0.25) is 0 Å². The standard InChI is InChI=1S/C14H19N3O2S/c1-9-7-17(8-10(2)20-9)14(18)12-5-3-4-11(6-12)13(15)16-19/h3-6,9-10,19H,7-8H2,1-2H3,(H2,15,16). The van der Waals surface area contributed by atoms with Crippen molar-refractivity contribution in [1.29, 1.82) is 0 Å². The van der Waals surface area contributed by atoms with Crippen LogP contribution < -0.4 is 5.73 Å². The zero-order valence-electron chi connectivity index (χ0n) is 11.6. The summed E-state index contributed by atoms with van der Waals surface area (Å²) >= 11 is 1.90. The molecule has 1 aromatic rings. The average molecular weight is 293 g/mol. The Morgan fingerprint density at radius 2 is 1.95 bits per heavy atom. The smallest absolute Gasteiger partial charge is 0.253 e. The molecule has 2 unspecified atom stereocenters. The fourth-order valence-electron chi connectivity index (χ4n) is 2.40. The van der Waals surface area contributed by atoms with Gasteiger partial charge in [-0.2, -0.15) is 11.8 Å². The maximum Gasteiger partial charge on any atom is 0.253 e. The summed E-state index contributed by atoms with van der Waals surface area (Å²) in [5, 5.41) is 12.5. The van der Waals surface area contributed by atoms with Crippen molar-refractivity contribution >= 4 is 23.5 Å². The van der Waals surface area contributed by atoms with Gasteiger partial charge in [-0.15, -0.1) is 0 Å². The van der Waals surface area contributed by atoms with Crippen LogP contribution in [0.3, 0.4) is 0 Å². The summed E-state index contributed by atoms with van der Waals surface area (Å²) in [6, 6.07) is 6.87. The Balaban J connectivity index is 2.20. The van der Waals surface area contributed by atoms with E-state index in [1.165, 1.54) is 0 Å². The summed E-state index contributed by atoms with van der Waals surface area (Å²) in [4.78, 5) is 14.4. The minimum absolute atomic E-state index is 0.00316. The number of nitrogens with zero attached hydrogens (tertiary/aromatic N) is 2. The highest BCUT2D eigenvalue weighted by atomic mass is 32.2. The van der Waals surface area contributed by atoms with Gasteiger partial charge in [0, 0.05) is 34.7 Å². The van der Waals surface area contributed by atoms with Crippen molar-refractivity contribution in [3.8, 4) is 0 Å². The Labute approximate surface area is 122 Å². The van der Waals surface area contributed by atoms with E-state index < -0.39 is 0 Å². The first kappa shape index (κ1) is 14.7. The summed E-state index contributed by atoms with van der Waals surface area (Å²) in [6.45, 7) is 5.77. The van der Waals surface area contributed by atoms with Crippen molar-refractivity contribution in [1.82, 2.24) is 4.90 Å². The Morgan fingerprint density at radius 3 is 2.55 bits per heavy atom. The molecule has 108 valence electrons. The molecule has 1 aliphatic heterocycles. The quantitative estimate of drug-likeness (QED) is 0.377. The van der Waals surface area contributed by atoms with Gasteiger partial charge in [0.15, 0.2) is 5.84 Å². The van der Waals surface area contributed by atoms with Crippen molar-refractivity contribution in [3.63, 3.8) is 0 Å². The SMILES string of the molecule is CC1CN(C(=O)c2cccc(C(N)=NO)c2)CC(C)S1. The Morgan fingerprint density at radius 1 is 1.35 bits per heavy atom. The Hall–Kier alpha value is -1.69. The van der Waals surface area contributed by atoms with Gasteiger partial charge in [-0.25, -0.2) is 0 Å². The van der Waals surface area contributed by atoms with E-state index in [9.17, 15) is 4.79 Å². The highest BCUT2D eigenvalue weighted by molar-refractivity contribution is 8.00. The van der Waals surface area contributed by atoms with Crippen LogP contribution >= 0.6 is 11.8 Å². The molecule has 0 saturated carbocycles. The van der Waals surface area contributed by atoms with Gasteiger partial charge >= 0.3 is 0 Å². The lowest BCUT2D eigenvalue weighted by Crippen LogP contribution is -2.44. The lowest BCUT2D eigenvalue weighted by molar-refractivity contribution is 0.0753. The molecule has 0 bridgehead atoms. The second kappa shape index (κ2) is 6.17. The molecule has 2 rings (SSSR count). The number of carbonyl (C=O) groups excluding carboxylic acids is 1. The molecule has 1 aromatic carbocycles. The normalized spacial score (nSPS) is 23.7. The van der Waals surface area contributed by atoms with Crippen molar-refractivity contribution in [2.45, 2.75) is 24.3 Å². The predicted octanol–water partition coefficient (Wildman–Crippen LogP) is 1.75. The third-order valence-corrected chi connectivity index (χ3v) is 4.45. The average Bonchev–Trinajstić information content (AvgIpc) is 2.44. The van der Waals surface area contributed by atoms with Crippen LogP contribution in [0.2, 0.25) is 0 Å². The van der Waals surface area contributed by atoms with Crippen LogP contribution in [0.1, 0.15) is 29.8 Å². The molecular weight excluding hydrogens is 274 g/mol. The fraction of sp³-hybridized carbons (Fsp3) is 0.429. The second-order valence-electron chi connectivity index (χ2n) is 5.03. The van der Waals surface area contributed by atoms with E-state index in [0.717, 1.165) is 13.1 Å². The number of carbonyl (C=O) groups is 1. The molecule has 1 heterocycles. The summed E-state index contributed by atoms with van der Waals surface area (Å²) in [6.07, 6.45) is 0. The lowest BCUT2D eigenvalue weighted by Gasteiger charge is -2.34. The first-order valence-electron chi connectivity index (χ1n) is 6.54. The topological polar surface area (TPSA) is 78.9 Å². The molecule has 1 saturated heterocycles. The van der Waals surface area contributed by atoms with Gasteiger partial charge in [0.1, 0.15) is 0 Å². The van der Waals surface area contributed by atoms with Crippen molar-refractivity contribution in [2.75, 3.05) is 13.1 Å². The number of thioether (sulfide) groups is 1. The van der Waals surface area contributed by atoms with Crippen LogP contribution in [-0.2, 0) is 0 Å². The van der Waals surface area contributed by atoms with Crippen LogP contribution in [0.15, 0.2) is 29.4 Å². The number of rotatable bonds is 2. The molecule has 5 nitrogen and oxygen atoms in total. The Kier molecular flexibility index (Phi) is 4.54. The molecule has 1 amide bonds. The predicted molar refractivity (Wildman–Crippen MR) is 81.4 cm³/mol. The van der Waals surface area contributed by atoms with Crippen LogP contribution in [0.25, 0.3) is 0 Å². The first-order chi connectivity index (χ1) is 9.51. The van der Waals surface area contributed by atoms with Crippen molar-refractivity contribution in [2.24, 2.45) is 10.9 Å². The van der Waals surface area contributed by atoms with Crippen LogP contribution in [0.4, 0.5) is 0 Å². The number of amidine groups is 1. The van der Waals surface area contributed by atoms with Crippen LogP contribution in [-0.4, -0.2) is 45.4 Å².